The molecule has 0 unspecified atom stereocenters. The molecule has 0 radical (unpaired) electrons. The smallest absolute Gasteiger partial charge is 0.171 e. The van der Waals surface area contributed by atoms with Gasteiger partial charge in [-0.1, -0.05) is 0 Å². The molecule has 3 nitrogen and oxygen atoms in total. The van der Waals surface area contributed by atoms with Gasteiger partial charge in [0, 0.05) is 24.7 Å². The van der Waals surface area contributed by atoms with E-state index in [-0.39, 0.29) is 5.78 Å². The zero-order chi connectivity index (χ0) is 9.42. The zero-order valence-electron chi connectivity index (χ0n) is 7.07. The summed E-state index contributed by atoms with van der Waals surface area (Å²) in [7, 11) is 0. The highest BCUT2D eigenvalue weighted by Gasteiger charge is 2.11. The van der Waals surface area contributed by atoms with E-state index in [1.54, 1.807) is 12.4 Å². The SMILES string of the molecule is CC(=O)c1sc2cnccc2c1N. The fraction of sp³-hybridized carbons (Fsp3) is 0.111. The number of hydrogen-bond acceptors (Lipinski definition) is 4. The molecule has 0 fully saturated rings. The van der Waals surface area contributed by atoms with Crippen LogP contribution in [0.15, 0.2) is 18.5 Å². The Morgan fingerprint density at radius 3 is 3.00 bits per heavy atom. The zero-order valence-corrected chi connectivity index (χ0v) is 7.89. The Balaban J connectivity index is 2.81. The maximum absolute atomic E-state index is 11.1. The van der Waals surface area contributed by atoms with Crippen molar-refractivity contribution in [3.8, 4) is 0 Å². The molecule has 2 aromatic rings. The number of carbonyl (C=O) groups excluding carboxylic acids is 1. The number of nitrogen functional groups attached to an aromatic ring is 1. The van der Waals surface area contributed by atoms with Gasteiger partial charge < -0.3 is 5.73 Å². The molecule has 0 atom stereocenters. The fourth-order valence-electron chi connectivity index (χ4n) is 1.23. The summed E-state index contributed by atoms with van der Waals surface area (Å²) in [5.41, 5.74) is 6.38. The summed E-state index contributed by atoms with van der Waals surface area (Å²) >= 11 is 1.39. The number of pyridine rings is 1. The van der Waals surface area contributed by atoms with E-state index in [0.717, 1.165) is 10.1 Å². The third kappa shape index (κ3) is 1.19. The van der Waals surface area contributed by atoms with E-state index in [1.165, 1.54) is 18.3 Å². The van der Waals surface area contributed by atoms with E-state index in [9.17, 15) is 4.79 Å². The molecule has 0 spiro atoms. The second kappa shape index (κ2) is 2.81. The monoisotopic (exact) mass is 192 g/mol. The van der Waals surface area contributed by atoms with Gasteiger partial charge in [0.2, 0.25) is 0 Å². The molecule has 2 N–H and O–H groups in total. The third-order valence-corrected chi connectivity index (χ3v) is 3.11. The highest BCUT2D eigenvalue weighted by molar-refractivity contribution is 7.21. The van der Waals surface area contributed by atoms with Crippen LogP contribution in [0.3, 0.4) is 0 Å². The second-order valence-corrected chi connectivity index (χ2v) is 3.83. The van der Waals surface area contributed by atoms with E-state index in [4.69, 9.17) is 5.73 Å². The number of rotatable bonds is 1. The van der Waals surface area contributed by atoms with Crippen molar-refractivity contribution in [1.29, 1.82) is 0 Å². The molecular formula is C9H8N2OS. The minimum absolute atomic E-state index is 0.0127. The summed E-state index contributed by atoms with van der Waals surface area (Å²) in [5, 5.41) is 0.921. The van der Waals surface area contributed by atoms with Crippen LogP contribution in [0.1, 0.15) is 16.6 Å². The largest absolute Gasteiger partial charge is 0.397 e. The lowest BCUT2D eigenvalue weighted by Gasteiger charge is -1.91. The van der Waals surface area contributed by atoms with Crippen LogP contribution in [0.2, 0.25) is 0 Å². The van der Waals surface area contributed by atoms with Crippen LogP contribution in [-0.2, 0) is 0 Å². The lowest BCUT2D eigenvalue weighted by molar-refractivity contribution is 0.102. The van der Waals surface area contributed by atoms with E-state index in [1.807, 2.05) is 6.07 Å². The highest BCUT2D eigenvalue weighted by atomic mass is 32.1. The Kier molecular flexibility index (Phi) is 1.77. The van der Waals surface area contributed by atoms with Gasteiger partial charge in [0.15, 0.2) is 5.78 Å². The molecule has 0 aliphatic heterocycles. The first-order valence-electron chi connectivity index (χ1n) is 3.83. The van der Waals surface area contributed by atoms with Crippen molar-refractivity contribution in [2.45, 2.75) is 6.92 Å². The summed E-state index contributed by atoms with van der Waals surface area (Å²) < 4.78 is 0.963. The highest BCUT2D eigenvalue weighted by Crippen LogP contribution is 2.32. The number of thiophene rings is 1. The summed E-state index contributed by atoms with van der Waals surface area (Å²) in [6.45, 7) is 1.52. The molecule has 2 heterocycles. The van der Waals surface area contributed by atoms with Crippen LogP contribution in [-0.4, -0.2) is 10.8 Å². The standard InChI is InChI=1S/C9H8N2OS/c1-5(12)9-8(10)6-2-3-11-4-7(6)13-9/h2-4H,10H2,1H3. The minimum atomic E-state index is 0.0127. The van der Waals surface area contributed by atoms with Gasteiger partial charge in [0.05, 0.1) is 15.3 Å². The number of carbonyl (C=O) groups is 1. The van der Waals surface area contributed by atoms with Crippen molar-refractivity contribution in [2.24, 2.45) is 0 Å². The van der Waals surface area contributed by atoms with Crippen molar-refractivity contribution >= 4 is 32.9 Å². The molecule has 0 amide bonds. The molecule has 13 heavy (non-hydrogen) atoms. The quantitative estimate of drug-likeness (QED) is 0.704. The number of nitrogens with two attached hydrogens (primary N) is 1. The first-order chi connectivity index (χ1) is 6.20. The molecule has 0 aliphatic rings. The molecule has 0 aliphatic carbocycles. The number of aromatic nitrogens is 1. The summed E-state index contributed by atoms with van der Waals surface area (Å²) in [6.07, 6.45) is 3.40. The first kappa shape index (κ1) is 8.19. The Hall–Kier alpha value is -1.42. The third-order valence-electron chi connectivity index (χ3n) is 1.85. The lowest BCUT2D eigenvalue weighted by atomic mass is 10.2. The van der Waals surface area contributed by atoms with Crippen LogP contribution >= 0.6 is 11.3 Å². The predicted molar refractivity (Wildman–Crippen MR) is 54.0 cm³/mol. The number of nitrogens with zero attached hydrogens (tertiary/aromatic N) is 1. The Morgan fingerprint density at radius 1 is 1.62 bits per heavy atom. The molecule has 2 rings (SSSR count). The van der Waals surface area contributed by atoms with Crippen LogP contribution < -0.4 is 5.73 Å². The van der Waals surface area contributed by atoms with Crippen LogP contribution in [0.5, 0.6) is 0 Å². The maximum atomic E-state index is 11.1. The molecular weight excluding hydrogens is 184 g/mol. The van der Waals surface area contributed by atoms with Crippen molar-refractivity contribution in [1.82, 2.24) is 4.98 Å². The summed E-state index contributed by atoms with van der Waals surface area (Å²) in [4.78, 5) is 15.7. The fourth-order valence-corrected chi connectivity index (χ4v) is 2.22. The van der Waals surface area contributed by atoms with E-state index < -0.39 is 0 Å². The molecule has 0 saturated heterocycles. The number of fused-ring (bicyclic) bond motifs is 1. The topological polar surface area (TPSA) is 56.0 Å². The van der Waals surface area contributed by atoms with Crippen LogP contribution in [0.25, 0.3) is 10.1 Å². The molecule has 0 saturated carbocycles. The lowest BCUT2D eigenvalue weighted by Crippen LogP contribution is -1.93. The van der Waals surface area contributed by atoms with E-state index >= 15 is 0 Å². The van der Waals surface area contributed by atoms with Gasteiger partial charge in [0.25, 0.3) is 0 Å². The van der Waals surface area contributed by atoms with Crippen LogP contribution in [0, 0.1) is 0 Å². The van der Waals surface area contributed by atoms with Crippen molar-refractivity contribution in [3.63, 3.8) is 0 Å². The van der Waals surface area contributed by atoms with Gasteiger partial charge in [-0.05, 0) is 6.07 Å². The van der Waals surface area contributed by atoms with Gasteiger partial charge in [0.1, 0.15) is 0 Å². The Bertz CT molecular complexity index is 475. The molecule has 0 aromatic carbocycles. The predicted octanol–water partition coefficient (Wildman–Crippen LogP) is 2.08. The van der Waals surface area contributed by atoms with Gasteiger partial charge in [-0.2, -0.15) is 0 Å². The maximum Gasteiger partial charge on any atom is 0.171 e. The Morgan fingerprint density at radius 2 is 2.38 bits per heavy atom. The molecule has 4 heteroatoms. The van der Waals surface area contributed by atoms with Crippen molar-refractivity contribution in [2.75, 3.05) is 5.73 Å². The molecule has 2 aromatic heterocycles. The van der Waals surface area contributed by atoms with Gasteiger partial charge in [-0.15, -0.1) is 11.3 Å². The van der Waals surface area contributed by atoms with Crippen LogP contribution in [0.4, 0.5) is 5.69 Å². The summed E-state index contributed by atoms with van der Waals surface area (Å²) in [6, 6.07) is 1.83. The number of Topliss-reactive ketones (excluding diaryl/α,β-unsaturated/α-hetero) is 1. The molecule has 0 bridgehead atoms. The second-order valence-electron chi connectivity index (χ2n) is 2.77. The normalized spacial score (nSPS) is 10.5. The van der Waals surface area contributed by atoms with E-state index in [2.05, 4.69) is 4.98 Å². The number of hydrogen-bond donors (Lipinski definition) is 1. The average molecular weight is 192 g/mol. The van der Waals surface area contributed by atoms with Gasteiger partial charge in [-0.3, -0.25) is 9.78 Å². The number of ketones is 1. The minimum Gasteiger partial charge on any atom is -0.397 e. The Labute approximate surface area is 79.2 Å². The van der Waals surface area contributed by atoms with Crippen molar-refractivity contribution < 1.29 is 4.79 Å². The number of anilines is 1. The molecule has 66 valence electrons. The first-order valence-corrected chi connectivity index (χ1v) is 4.64. The van der Waals surface area contributed by atoms with E-state index in [0.29, 0.717) is 10.6 Å². The van der Waals surface area contributed by atoms with Gasteiger partial charge in [-0.25, -0.2) is 0 Å². The van der Waals surface area contributed by atoms with Gasteiger partial charge >= 0.3 is 0 Å². The average Bonchev–Trinajstić information content (AvgIpc) is 2.45. The summed E-state index contributed by atoms with van der Waals surface area (Å²) in [5.74, 6) is 0.0127. The van der Waals surface area contributed by atoms with Crippen molar-refractivity contribution in [3.05, 3.63) is 23.3 Å².